The molecular weight excluding hydrogens is 270 g/mol. The molecule has 2 rings (SSSR count). The molecule has 0 aliphatic carbocycles. The van der Waals surface area contributed by atoms with Gasteiger partial charge in [0, 0.05) is 22.5 Å². The first kappa shape index (κ1) is 15.3. The van der Waals surface area contributed by atoms with E-state index in [-0.39, 0.29) is 11.0 Å². The second kappa shape index (κ2) is 5.05. The van der Waals surface area contributed by atoms with E-state index in [9.17, 15) is 0 Å². The highest BCUT2D eigenvalue weighted by Crippen LogP contribution is 2.35. The molecule has 0 amide bonds. The zero-order valence-corrected chi connectivity index (χ0v) is 13.8. The SMILES string of the molecule is CCCn1c(C(C)(C)C(C)(C)N)nc2cc(Cl)ccc21. The van der Waals surface area contributed by atoms with Crippen LogP contribution in [0.2, 0.25) is 5.02 Å². The largest absolute Gasteiger partial charge is 0.327 e. The summed E-state index contributed by atoms with van der Waals surface area (Å²) < 4.78 is 2.28. The predicted molar refractivity (Wildman–Crippen MR) is 86.3 cm³/mol. The van der Waals surface area contributed by atoms with Crippen LogP contribution in [0, 0.1) is 0 Å². The molecule has 0 unspecified atom stereocenters. The first-order valence-electron chi connectivity index (χ1n) is 7.13. The van der Waals surface area contributed by atoms with E-state index in [1.165, 1.54) is 0 Å². The number of nitrogens with zero attached hydrogens (tertiary/aromatic N) is 2. The van der Waals surface area contributed by atoms with Gasteiger partial charge in [0.2, 0.25) is 0 Å². The van der Waals surface area contributed by atoms with E-state index in [4.69, 9.17) is 22.3 Å². The number of imidazole rings is 1. The van der Waals surface area contributed by atoms with E-state index < -0.39 is 0 Å². The molecule has 1 aromatic carbocycles. The standard InChI is InChI=1S/C16H24ClN3/c1-6-9-20-13-8-7-11(17)10-12(13)19-14(20)15(2,3)16(4,5)18/h7-8,10H,6,9,18H2,1-5H3. The predicted octanol–water partition coefficient (Wildman–Crippen LogP) is 4.11. The minimum atomic E-state index is -0.357. The van der Waals surface area contributed by atoms with Crippen LogP contribution in [0.15, 0.2) is 18.2 Å². The summed E-state index contributed by atoms with van der Waals surface area (Å²) in [5.74, 6) is 1.03. The Morgan fingerprint density at radius 2 is 1.90 bits per heavy atom. The van der Waals surface area contributed by atoms with Crippen molar-refractivity contribution in [3.8, 4) is 0 Å². The normalized spacial score (nSPS) is 13.2. The Labute approximate surface area is 126 Å². The van der Waals surface area contributed by atoms with Crippen molar-refractivity contribution in [2.45, 2.75) is 58.5 Å². The quantitative estimate of drug-likeness (QED) is 0.922. The number of benzene rings is 1. The number of aryl methyl sites for hydroxylation is 1. The van der Waals surface area contributed by atoms with E-state index in [0.29, 0.717) is 0 Å². The minimum Gasteiger partial charge on any atom is -0.327 e. The van der Waals surface area contributed by atoms with Crippen LogP contribution in [-0.4, -0.2) is 15.1 Å². The Balaban J connectivity index is 2.72. The summed E-state index contributed by atoms with van der Waals surface area (Å²) in [6.45, 7) is 11.5. The topological polar surface area (TPSA) is 43.8 Å². The van der Waals surface area contributed by atoms with Crippen molar-refractivity contribution in [3.63, 3.8) is 0 Å². The fourth-order valence-electron chi connectivity index (χ4n) is 2.32. The molecule has 0 atom stereocenters. The van der Waals surface area contributed by atoms with E-state index >= 15 is 0 Å². The van der Waals surface area contributed by atoms with Gasteiger partial charge in [-0.2, -0.15) is 0 Å². The van der Waals surface area contributed by atoms with Gasteiger partial charge in [0.15, 0.2) is 0 Å². The third kappa shape index (κ3) is 2.45. The van der Waals surface area contributed by atoms with Gasteiger partial charge in [0.25, 0.3) is 0 Å². The van der Waals surface area contributed by atoms with Gasteiger partial charge in [-0.25, -0.2) is 4.98 Å². The lowest BCUT2D eigenvalue weighted by Crippen LogP contribution is -2.51. The molecule has 4 heteroatoms. The van der Waals surface area contributed by atoms with Crippen molar-refractivity contribution in [1.82, 2.24) is 9.55 Å². The van der Waals surface area contributed by atoms with Crippen LogP contribution >= 0.6 is 11.6 Å². The van der Waals surface area contributed by atoms with E-state index in [1.54, 1.807) is 0 Å². The van der Waals surface area contributed by atoms with Crippen molar-refractivity contribution in [2.24, 2.45) is 5.73 Å². The molecule has 0 fully saturated rings. The van der Waals surface area contributed by atoms with Crippen molar-refractivity contribution in [1.29, 1.82) is 0 Å². The molecule has 0 spiro atoms. The number of rotatable bonds is 4. The molecule has 2 N–H and O–H groups in total. The summed E-state index contributed by atoms with van der Waals surface area (Å²) in [6.07, 6.45) is 1.06. The lowest BCUT2D eigenvalue weighted by atomic mass is 9.74. The number of halogens is 1. The van der Waals surface area contributed by atoms with Crippen LogP contribution < -0.4 is 5.73 Å². The maximum atomic E-state index is 6.38. The molecule has 0 saturated carbocycles. The smallest absolute Gasteiger partial charge is 0.117 e. The molecule has 0 saturated heterocycles. The summed E-state index contributed by atoms with van der Waals surface area (Å²) >= 11 is 6.09. The van der Waals surface area contributed by atoms with Gasteiger partial charge >= 0.3 is 0 Å². The Bertz CT molecular complexity index is 620. The summed E-state index contributed by atoms with van der Waals surface area (Å²) in [4.78, 5) is 4.83. The number of hydrogen-bond donors (Lipinski definition) is 1. The molecule has 20 heavy (non-hydrogen) atoms. The fourth-order valence-corrected chi connectivity index (χ4v) is 2.48. The first-order chi connectivity index (χ1) is 9.18. The summed E-state index contributed by atoms with van der Waals surface area (Å²) in [7, 11) is 0. The van der Waals surface area contributed by atoms with Crippen LogP contribution in [0.1, 0.15) is 46.9 Å². The average molecular weight is 294 g/mol. The van der Waals surface area contributed by atoms with Gasteiger partial charge in [0.1, 0.15) is 5.82 Å². The summed E-state index contributed by atoms with van der Waals surface area (Å²) in [5, 5.41) is 0.718. The van der Waals surface area contributed by atoms with Crippen molar-refractivity contribution < 1.29 is 0 Å². The molecule has 110 valence electrons. The van der Waals surface area contributed by atoms with Crippen LogP contribution in [0.3, 0.4) is 0 Å². The van der Waals surface area contributed by atoms with Crippen LogP contribution in [0.4, 0.5) is 0 Å². The van der Waals surface area contributed by atoms with Gasteiger partial charge in [-0.15, -0.1) is 0 Å². The minimum absolute atomic E-state index is 0.229. The van der Waals surface area contributed by atoms with Crippen molar-refractivity contribution in [2.75, 3.05) is 0 Å². The maximum absolute atomic E-state index is 6.38. The fraction of sp³-hybridized carbons (Fsp3) is 0.562. The highest BCUT2D eigenvalue weighted by molar-refractivity contribution is 6.31. The molecule has 0 bridgehead atoms. The highest BCUT2D eigenvalue weighted by Gasteiger charge is 2.39. The van der Waals surface area contributed by atoms with E-state index in [1.807, 2.05) is 18.2 Å². The third-order valence-corrected chi connectivity index (χ3v) is 4.56. The molecule has 1 heterocycles. The van der Waals surface area contributed by atoms with Crippen molar-refractivity contribution in [3.05, 3.63) is 29.0 Å². The average Bonchev–Trinajstić information content (AvgIpc) is 2.67. The molecular formula is C16H24ClN3. The lowest BCUT2D eigenvalue weighted by Gasteiger charge is -2.38. The monoisotopic (exact) mass is 293 g/mol. The zero-order valence-electron chi connectivity index (χ0n) is 13.0. The van der Waals surface area contributed by atoms with Crippen LogP contribution in [0.5, 0.6) is 0 Å². The highest BCUT2D eigenvalue weighted by atomic mass is 35.5. The molecule has 2 aromatic rings. The Kier molecular flexibility index (Phi) is 3.87. The number of aromatic nitrogens is 2. The Hall–Kier alpha value is -1.06. The summed E-state index contributed by atoms with van der Waals surface area (Å²) in [6, 6.07) is 5.89. The Morgan fingerprint density at radius 3 is 2.45 bits per heavy atom. The number of nitrogens with two attached hydrogens (primary N) is 1. The summed E-state index contributed by atoms with van der Waals surface area (Å²) in [5.41, 5.74) is 7.87. The number of hydrogen-bond acceptors (Lipinski definition) is 2. The number of fused-ring (bicyclic) bond motifs is 1. The molecule has 1 aromatic heterocycles. The second-order valence-electron chi connectivity index (χ2n) is 6.57. The first-order valence-corrected chi connectivity index (χ1v) is 7.51. The lowest BCUT2D eigenvalue weighted by molar-refractivity contribution is 0.282. The third-order valence-electron chi connectivity index (χ3n) is 4.33. The molecule has 0 radical (unpaired) electrons. The Morgan fingerprint density at radius 1 is 1.25 bits per heavy atom. The van der Waals surface area contributed by atoms with Gasteiger partial charge in [-0.3, -0.25) is 0 Å². The van der Waals surface area contributed by atoms with Gasteiger partial charge < -0.3 is 10.3 Å². The molecule has 0 aliphatic heterocycles. The molecule has 3 nitrogen and oxygen atoms in total. The van der Waals surface area contributed by atoms with E-state index in [2.05, 4.69) is 39.2 Å². The van der Waals surface area contributed by atoms with Gasteiger partial charge in [0.05, 0.1) is 11.0 Å². The van der Waals surface area contributed by atoms with Gasteiger partial charge in [-0.05, 0) is 38.5 Å². The van der Waals surface area contributed by atoms with Crippen LogP contribution in [0.25, 0.3) is 11.0 Å². The zero-order chi connectivity index (χ0) is 15.1. The van der Waals surface area contributed by atoms with Crippen LogP contribution in [-0.2, 0) is 12.0 Å². The maximum Gasteiger partial charge on any atom is 0.117 e. The van der Waals surface area contributed by atoms with Crippen molar-refractivity contribution >= 4 is 22.6 Å². The van der Waals surface area contributed by atoms with E-state index in [0.717, 1.165) is 34.8 Å². The second-order valence-corrected chi connectivity index (χ2v) is 7.00. The van der Waals surface area contributed by atoms with Gasteiger partial charge in [-0.1, -0.05) is 32.4 Å². The molecule has 0 aliphatic rings.